The molecule has 0 amide bonds. The Kier molecular flexibility index (Phi) is 5.31. The van der Waals surface area contributed by atoms with E-state index in [9.17, 15) is 0 Å². The molecule has 0 spiro atoms. The highest BCUT2D eigenvalue weighted by Crippen LogP contribution is 2.33. The molecule has 108 valence electrons. The van der Waals surface area contributed by atoms with Crippen LogP contribution in [-0.2, 0) is 6.54 Å². The van der Waals surface area contributed by atoms with Crippen molar-refractivity contribution in [3.63, 3.8) is 0 Å². The molecule has 2 unspecified atom stereocenters. The van der Waals surface area contributed by atoms with Crippen LogP contribution in [0.25, 0.3) is 0 Å². The molecule has 0 bridgehead atoms. The van der Waals surface area contributed by atoms with E-state index >= 15 is 0 Å². The molecule has 1 heterocycles. The Labute approximate surface area is 116 Å². The normalized spacial score (nSPS) is 24.0. The lowest BCUT2D eigenvalue weighted by atomic mass is 9.84. The lowest BCUT2D eigenvalue weighted by molar-refractivity contribution is 0.240. The highest BCUT2D eigenvalue weighted by atomic mass is 15.6. The maximum Gasteiger partial charge on any atom is 0.165 e. The van der Waals surface area contributed by atoms with Gasteiger partial charge in [0.25, 0.3) is 0 Å². The lowest BCUT2D eigenvalue weighted by Gasteiger charge is -2.28. The van der Waals surface area contributed by atoms with Crippen LogP contribution in [0.3, 0.4) is 0 Å². The molecule has 1 saturated carbocycles. The van der Waals surface area contributed by atoms with E-state index in [-0.39, 0.29) is 0 Å². The number of hydrogen-bond acceptors (Lipinski definition) is 4. The molecule has 19 heavy (non-hydrogen) atoms. The third kappa shape index (κ3) is 4.00. The van der Waals surface area contributed by atoms with Crippen LogP contribution in [0.15, 0.2) is 0 Å². The summed E-state index contributed by atoms with van der Waals surface area (Å²) in [5, 5.41) is 15.7. The minimum absolute atomic E-state index is 0.504. The molecular weight excluding hydrogens is 238 g/mol. The molecule has 0 saturated heterocycles. The predicted octanol–water partition coefficient (Wildman–Crippen LogP) is 2.56. The second-order valence-corrected chi connectivity index (χ2v) is 6.16. The zero-order chi connectivity index (χ0) is 13.7. The van der Waals surface area contributed by atoms with E-state index in [1.165, 1.54) is 32.1 Å². The highest BCUT2D eigenvalue weighted by Gasteiger charge is 2.24. The molecule has 1 aromatic heterocycles. The summed E-state index contributed by atoms with van der Waals surface area (Å²) in [5.74, 6) is 2.49. The van der Waals surface area contributed by atoms with Gasteiger partial charge in [-0.25, -0.2) is 4.68 Å². The number of aromatic nitrogens is 4. The second-order valence-electron chi connectivity index (χ2n) is 6.16. The van der Waals surface area contributed by atoms with Crippen molar-refractivity contribution in [2.75, 3.05) is 6.54 Å². The Morgan fingerprint density at radius 2 is 2.21 bits per heavy atom. The zero-order valence-electron chi connectivity index (χ0n) is 12.5. The van der Waals surface area contributed by atoms with Crippen LogP contribution in [0.4, 0.5) is 0 Å². The van der Waals surface area contributed by atoms with Gasteiger partial charge < -0.3 is 5.32 Å². The molecule has 1 aromatic rings. The Morgan fingerprint density at radius 3 is 2.95 bits per heavy atom. The molecule has 0 radical (unpaired) electrons. The van der Waals surface area contributed by atoms with Gasteiger partial charge in [-0.15, -0.1) is 5.10 Å². The summed E-state index contributed by atoms with van der Waals surface area (Å²) in [6, 6.07) is 0.504. The van der Waals surface area contributed by atoms with Gasteiger partial charge in [-0.3, -0.25) is 0 Å². The van der Waals surface area contributed by atoms with Crippen molar-refractivity contribution in [2.45, 2.75) is 65.5 Å². The van der Waals surface area contributed by atoms with Crippen LogP contribution in [-0.4, -0.2) is 26.8 Å². The van der Waals surface area contributed by atoms with E-state index < -0.39 is 0 Å². The Morgan fingerprint density at radius 1 is 1.37 bits per heavy atom. The summed E-state index contributed by atoms with van der Waals surface area (Å²) in [6.07, 6.45) is 6.41. The predicted molar refractivity (Wildman–Crippen MR) is 75.6 cm³/mol. The molecule has 1 N–H and O–H groups in total. The molecular formula is C14H27N5. The van der Waals surface area contributed by atoms with Crippen LogP contribution < -0.4 is 5.32 Å². The van der Waals surface area contributed by atoms with Crippen LogP contribution in [0.1, 0.15) is 64.7 Å². The minimum atomic E-state index is 0.504. The van der Waals surface area contributed by atoms with Crippen molar-refractivity contribution in [1.29, 1.82) is 0 Å². The van der Waals surface area contributed by atoms with Crippen molar-refractivity contribution in [2.24, 2.45) is 11.8 Å². The van der Waals surface area contributed by atoms with E-state index in [0.717, 1.165) is 24.8 Å². The van der Waals surface area contributed by atoms with E-state index in [0.29, 0.717) is 12.0 Å². The number of nitrogens with zero attached hydrogens (tertiary/aromatic N) is 4. The monoisotopic (exact) mass is 265 g/mol. The number of tetrazole rings is 1. The van der Waals surface area contributed by atoms with Gasteiger partial charge >= 0.3 is 0 Å². The molecule has 1 fully saturated rings. The van der Waals surface area contributed by atoms with Crippen molar-refractivity contribution in [3.8, 4) is 0 Å². The van der Waals surface area contributed by atoms with Gasteiger partial charge in [-0.2, -0.15) is 0 Å². The first-order valence-corrected chi connectivity index (χ1v) is 7.68. The van der Waals surface area contributed by atoms with E-state index in [4.69, 9.17) is 0 Å². The molecule has 2 atom stereocenters. The first-order valence-electron chi connectivity index (χ1n) is 7.68. The van der Waals surface area contributed by atoms with E-state index in [2.05, 4.69) is 46.3 Å². The van der Waals surface area contributed by atoms with E-state index in [1.807, 2.05) is 0 Å². The van der Waals surface area contributed by atoms with Crippen molar-refractivity contribution >= 4 is 0 Å². The summed E-state index contributed by atoms with van der Waals surface area (Å²) in [4.78, 5) is 0. The second kappa shape index (κ2) is 6.98. The summed E-state index contributed by atoms with van der Waals surface area (Å²) < 4.78 is 2.06. The smallest absolute Gasteiger partial charge is 0.165 e. The summed E-state index contributed by atoms with van der Waals surface area (Å²) in [5.41, 5.74) is 0. The van der Waals surface area contributed by atoms with Gasteiger partial charge in [0.2, 0.25) is 0 Å². The summed E-state index contributed by atoms with van der Waals surface area (Å²) in [7, 11) is 0. The quantitative estimate of drug-likeness (QED) is 0.859. The first kappa shape index (κ1) is 14.4. The van der Waals surface area contributed by atoms with Crippen LogP contribution in [0.2, 0.25) is 0 Å². The molecule has 2 rings (SSSR count). The van der Waals surface area contributed by atoms with E-state index in [1.54, 1.807) is 0 Å². The minimum Gasteiger partial charge on any atom is -0.310 e. The Bertz CT molecular complexity index is 374. The largest absolute Gasteiger partial charge is 0.310 e. The molecule has 0 aliphatic heterocycles. The SMILES string of the molecule is CCC1CCCC(n2nnnc2CNCC(C)C)C1. The van der Waals surface area contributed by atoms with Gasteiger partial charge in [0.1, 0.15) is 0 Å². The number of rotatable bonds is 6. The van der Waals surface area contributed by atoms with Crippen molar-refractivity contribution in [1.82, 2.24) is 25.5 Å². The average molecular weight is 265 g/mol. The third-order valence-electron chi connectivity index (χ3n) is 4.08. The van der Waals surface area contributed by atoms with Crippen LogP contribution in [0, 0.1) is 11.8 Å². The van der Waals surface area contributed by atoms with Gasteiger partial charge in [0, 0.05) is 0 Å². The maximum atomic E-state index is 4.22. The first-order chi connectivity index (χ1) is 9.20. The standard InChI is InChI=1S/C14H27N5/c1-4-12-6-5-7-13(8-12)19-14(16-17-18-19)10-15-9-11(2)3/h11-13,15H,4-10H2,1-3H3. The number of hydrogen-bond donors (Lipinski definition) is 1. The van der Waals surface area contributed by atoms with Crippen molar-refractivity contribution < 1.29 is 0 Å². The van der Waals surface area contributed by atoms with Gasteiger partial charge in [-0.05, 0) is 41.6 Å². The molecule has 1 aliphatic carbocycles. The fourth-order valence-electron chi connectivity index (χ4n) is 2.94. The van der Waals surface area contributed by atoms with Crippen LogP contribution in [0.5, 0.6) is 0 Å². The molecule has 5 nitrogen and oxygen atoms in total. The Hall–Kier alpha value is -0.970. The summed E-state index contributed by atoms with van der Waals surface area (Å²) in [6.45, 7) is 8.50. The molecule has 5 heteroatoms. The maximum absolute atomic E-state index is 4.22. The summed E-state index contributed by atoms with van der Waals surface area (Å²) >= 11 is 0. The average Bonchev–Trinajstić information content (AvgIpc) is 2.87. The topological polar surface area (TPSA) is 55.6 Å². The van der Waals surface area contributed by atoms with Gasteiger partial charge in [0.15, 0.2) is 5.82 Å². The molecule has 0 aromatic carbocycles. The Balaban J connectivity index is 1.94. The fraction of sp³-hybridized carbons (Fsp3) is 0.929. The highest BCUT2D eigenvalue weighted by molar-refractivity contribution is 4.86. The fourth-order valence-corrected chi connectivity index (χ4v) is 2.94. The van der Waals surface area contributed by atoms with Gasteiger partial charge in [-0.1, -0.05) is 40.0 Å². The third-order valence-corrected chi connectivity index (χ3v) is 4.08. The number of nitrogens with one attached hydrogen (secondary N) is 1. The zero-order valence-corrected chi connectivity index (χ0v) is 12.5. The van der Waals surface area contributed by atoms with Gasteiger partial charge in [0.05, 0.1) is 12.6 Å². The molecule has 1 aliphatic rings. The lowest BCUT2D eigenvalue weighted by Crippen LogP contribution is -2.25. The van der Waals surface area contributed by atoms with Crippen LogP contribution >= 0.6 is 0 Å². The van der Waals surface area contributed by atoms with Crippen molar-refractivity contribution in [3.05, 3.63) is 5.82 Å².